The number of hydrogen-bond donors (Lipinski definition) is 1. The molecule has 2 aromatic rings. The van der Waals surface area contributed by atoms with Crippen LogP contribution in [0, 0.1) is 0 Å². The van der Waals surface area contributed by atoms with Gasteiger partial charge in [0.1, 0.15) is 6.10 Å². The number of thiophene rings is 1. The fraction of sp³-hybridized carbons (Fsp3) is 0.381. The largest absolute Gasteiger partial charge is 0.368 e. The lowest BCUT2D eigenvalue weighted by Crippen LogP contribution is -2.37. The van der Waals surface area contributed by atoms with Crippen LogP contribution in [0.4, 0.5) is 0 Å². The molecule has 1 aromatic carbocycles. The zero-order valence-electron chi connectivity index (χ0n) is 15.2. The van der Waals surface area contributed by atoms with Gasteiger partial charge >= 0.3 is 0 Å². The number of benzene rings is 1. The van der Waals surface area contributed by atoms with Crippen LogP contribution in [0.2, 0.25) is 0 Å². The highest BCUT2D eigenvalue weighted by molar-refractivity contribution is 7.10. The van der Waals surface area contributed by atoms with E-state index < -0.39 is 6.10 Å². The van der Waals surface area contributed by atoms with Crippen molar-refractivity contribution in [2.75, 3.05) is 6.61 Å². The second-order valence-corrected chi connectivity index (χ2v) is 7.35. The minimum Gasteiger partial charge on any atom is -0.368 e. The van der Waals surface area contributed by atoms with Gasteiger partial charge in [-0.2, -0.15) is 0 Å². The minimum absolute atomic E-state index is 0.101. The molecule has 1 heterocycles. The van der Waals surface area contributed by atoms with E-state index in [0.29, 0.717) is 12.5 Å². The van der Waals surface area contributed by atoms with Crippen LogP contribution < -0.4 is 5.32 Å². The van der Waals surface area contributed by atoms with E-state index in [2.05, 4.69) is 56.1 Å². The Bertz CT molecular complexity index is 662. The Kier molecular flexibility index (Phi) is 7.41. The quantitative estimate of drug-likeness (QED) is 0.503. The van der Waals surface area contributed by atoms with Gasteiger partial charge in [0, 0.05) is 4.88 Å². The van der Waals surface area contributed by atoms with E-state index in [4.69, 9.17) is 4.74 Å². The van der Waals surface area contributed by atoms with Gasteiger partial charge < -0.3 is 10.1 Å². The lowest BCUT2D eigenvalue weighted by atomic mass is 9.98. The van der Waals surface area contributed by atoms with Crippen molar-refractivity contribution in [1.29, 1.82) is 0 Å². The lowest BCUT2D eigenvalue weighted by Gasteiger charge is -2.21. The Hall–Kier alpha value is -1.91. The number of amides is 1. The standard InChI is InChI=1S/C21H27NO2S/c1-5-6-13-24-16(4)21(23)22-20(19-8-7-14-25-19)18-11-9-17(10-12-18)15(2)3/h5,7-12,14-16,20H,1,6,13H2,2-4H3,(H,22,23). The maximum absolute atomic E-state index is 12.5. The highest BCUT2D eigenvalue weighted by atomic mass is 32.1. The predicted molar refractivity (Wildman–Crippen MR) is 105 cm³/mol. The van der Waals surface area contributed by atoms with Crippen molar-refractivity contribution in [2.24, 2.45) is 0 Å². The van der Waals surface area contributed by atoms with Crippen LogP contribution in [-0.4, -0.2) is 18.6 Å². The van der Waals surface area contributed by atoms with E-state index in [9.17, 15) is 4.79 Å². The molecule has 0 fully saturated rings. The number of carbonyl (C=O) groups excluding carboxylic acids is 1. The number of carbonyl (C=O) groups is 1. The molecule has 134 valence electrons. The zero-order chi connectivity index (χ0) is 18.2. The van der Waals surface area contributed by atoms with Crippen molar-refractivity contribution in [3.05, 3.63) is 70.4 Å². The van der Waals surface area contributed by atoms with Crippen molar-refractivity contribution in [2.45, 2.75) is 45.3 Å². The molecular formula is C21H27NO2S. The van der Waals surface area contributed by atoms with Gasteiger partial charge in [-0.05, 0) is 41.8 Å². The summed E-state index contributed by atoms with van der Waals surface area (Å²) in [5.74, 6) is 0.387. The first kappa shape index (κ1) is 19.4. The first-order chi connectivity index (χ1) is 12.0. The number of hydrogen-bond acceptors (Lipinski definition) is 3. The molecule has 0 bridgehead atoms. The van der Waals surface area contributed by atoms with E-state index in [1.807, 2.05) is 11.4 Å². The fourth-order valence-electron chi connectivity index (χ4n) is 2.51. The molecule has 0 aliphatic heterocycles. The molecule has 3 nitrogen and oxygen atoms in total. The fourth-order valence-corrected chi connectivity index (χ4v) is 3.31. The molecule has 2 rings (SSSR count). The molecular weight excluding hydrogens is 330 g/mol. The average Bonchev–Trinajstić information content (AvgIpc) is 3.14. The molecule has 4 heteroatoms. The first-order valence-corrected chi connectivity index (χ1v) is 9.57. The van der Waals surface area contributed by atoms with Crippen LogP contribution in [0.1, 0.15) is 55.2 Å². The molecule has 0 radical (unpaired) electrons. The first-order valence-electron chi connectivity index (χ1n) is 8.69. The number of nitrogens with one attached hydrogen (secondary N) is 1. The van der Waals surface area contributed by atoms with Crippen molar-refractivity contribution in [3.8, 4) is 0 Å². The van der Waals surface area contributed by atoms with Gasteiger partial charge in [-0.15, -0.1) is 17.9 Å². The van der Waals surface area contributed by atoms with Crippen LogP contribution in [-0.2, 0) is 9.53 Å². The summed E-state index contributed by atoms with van der Waals surface area (Å²) in [5.41, 5.74) is 2.37. The van der Waals surface area contributed by atoms with Gasteiger partial charge in [0.15, 0.2) is 0 Å². The van der Waals surface area contributed by atoms with E-state index in [-0.39, 0.29) is 11.9 Å². The van der Waals surface area contributed by atoms with Crippen molar-refractivity contribution < 1.29 is 9.53 Å². The predicted octanol–water partition coefficient (Wildman–Crippen LogP) is 5.06. The summed E-state index contributed by atoms with van der Waals surface area (Å²) in [6.45, 7) is 10.3. The third-order valence-electron chi connectivity index (χ3n) is 4.11. The Morgan fingerprint density at radius 2 is 1.88 bits per heavy atom. The summed E-state index contributed by atoms with van der Waals surface area (Å²) in [6.07, 6.45) is 2.04. The molecule has 1 N–H and O–H groups in total. The third kappa shape index (κ3) is 5.55. The molecule has 0 spiro atoms. The van der Waals surface area contributed by atoms with Gasteiger partial charge in [-0.3, -0.25) is 4.79 Å². The Morgan fingerprint density at radius 1 is 1.20 bits per heavy atom. The van der Waals surface area contributed by atoms with Crippen LogP contribution in [0.5, 0.6) is 0 Å². The van der Waals surface area contributed by atoms with Crippen LogP contribution in [0.15, 0.2) is 54.4 Å². The molecule has 2 unspecified atom stereocenters. The Balaban J connectivity index is 2.14. The van der Waals surface area contributed by atoms with Gasteiger partial charge in [0.25, 0.3) is 0 Å². The van der Waals surface area contributed by atoms with E-state index in [0.717, 1.165) is 16.9 Å². The van der Waals surface area contributed by atoms with E-state index in [1.54, 1.807) is 24.3 Å². The van der Waals surface area contributed by atoms with Crippen molar-refractivity contribution in [1.82, 2.24) is 5.32 Å². The number of ether oxygens (including phenoxy) is 1. The van der Waals surface area contributed by atoms with Gasteiger partial charge in [0.2, 0.25) is 5.91 Å². The third-order valence-corrected chi connectivity index (χ3v) is 5.05. The SMILES string of the molecule is C=CCCOC(C)C(=O)NC(c1ccc(C(C)C)cc1)c1cccs1. The monoisotopic (exact) mass is 357 g/mol. The molecule has 0 aliphatic rings. The van der Waals surface area contributed by atoms with Crippen LogP contribution in [0.25, 0.3) is 0 Å². The molecule has 0 aliphatic carbocycles. The summed E-state index contributed by atoms with van der Waals surface area (Å²) in [5, 5.41) is 5.16. The highest BCUT2D eigenvalue weighted by Crippen LogP contribution is 2.27. The van der Waals surface area contributed by atoms with Gasteiger partial charge in [-0.25, -0.2) is 0 Å². The topological polar surface area (TPSA) is 38.3 Å². The maximum Gasteiger partial charge on any atom is 0.249 e. The average molecular weight is 358 g/mol. The van der Waals surface area contributed by atoms with E-state index in [1.165, 1.54) is 5.56 Å². The molecule has 1 aromatic heterocycles. The normalized spacial score (nSPS) is 13.4. The summed E-state index contributed by atoms with van der Waals surface area (Å²) in [4.78, 5) is 13.6. The van der Waals surface area contributed by atoms with Gasteiger partial charge in [0.05, 0.1) is 12.6 Å². The summed E-state index contributed by atoms with van der Waals surface area (Å²) in [6, 6.07) is 12.4. The Morgan fingerprint density at radius 3 is 2.44 bits per heavy atom. The minimum atomic E-state index is -0.489. The lowest BCUT2D eigenvalue weighted by molar-refractivity contribution is -0.132. The van der Waals surface area contributed by atoms with Crippen molar-refractivity contribution >= 4 is 17.2 Å². The molecule has 25 heavy (non-hydrogen) atoms. The maximum atomic E-state index is 12.5. The van der Waals surface area contributed by atoms with Crippen molar-refractivity contribution in [3.63, 3.8) is 0 Å². The molecule has 2 atom stereocenters. The summed E-state index contributed by atoms with van der Waals surface area (Å²) < 4.78 is 5.57. The molecule has 0 saturated heterocycles. The molecule has 0 saturated carbocycles. The second kappa shape index (κ2) is 9.54. The van der Waals surface area contributed by atoms with Crippen LogP contribution >= 0.6 is 11.3 Å². The molecule has 1 amide bonds. The van der Waals surface area contributed by atoms with E-state index >= 15 is 0 Å². The highest BCUT2D eigenvalue weighted by Gasteiger charge is 2.21. The Labute approximate surface area is 154 Å². The van der Waals surface area contributed by atoms with Gasteiger partial charge in [-0.1, -0.05) is 50.3 Å². The smallest absolute Gasteiger partial charge is 0.249 e. The summed E-state index contributed by atoms with van der Waals surface area (Å²) >= 11 is 1.64. The van der Waals surface area contributed by atoms with Crippen LogP contribution in [0.3, 0.4) is 0 Å². The number of rotatable bonds is 9. The zero-order valence-corrected chi connectivity index (χ0v) is 16.0. The second-order valence-electron chi connectivity index (χ2n) is 6.37. The summed E-state index contributed by atoms with van der Waals surface area (Å²) in [7, 11) is 0.